The van der Waals surface area contributed by atoms with Crippen LogP contribution in [0.15, 0.2) is 91.5 Å². The monoisotopic (exact) mass is 790 g/mol. The first-order valence-electron chi connectivity index (χ1n) is 19.6. The van der Waals surface area contributed by atoms with Crippen LogP contribution in [0.3, 0.4) is 0 Å². The van der Waals surface area contributed by atoms with Gasteiger partial charge in [0.15, 0.2) is 17.5 Å². The number of imidazole rings is 4. The highest BCUT2D eigenvalue weighted by Crippen LogP contribution is 2.35. The summed E-state index contributed by atoms with van der Waals surface area (Å²) in [6, 6.07) is 24.2. The van der Waals surface area contributed by atoms with E-state index in [-0.39, 0.29) is 0 Å². The van der Waals surface area contributed by atoms with Crippen LogP contribution in [0.5, 0.6) is 11.9 Å². The van der Waals surface area contributed by atoms with Crippen LogP contribution < -0.4 is 10.1 Å². The summed E-state index contributed by atoms with van der Waals surface area (Å²) in [6.07, 6.45) is 7.36. The maximum atomic E-state index is 6.33. The number of aromatic amines is 1. The Balaban J connectivity index is 0.925. The van der Waals surface area contributed by atoms with Gasteiger partial charge in [-0.2, -0.15) is 4.98 Å². The topological polar surface area (TPSA) is 126 Å². The molecule has 302 valence electrons. The summed E-state index contributed by atoms with van der Waals surface area (Å²) in [5.74, 6) is 4.08. The molecule has 59 heavy (non-hydrogen) atoms. The molecular weight excluding hydrogens is 741 g/mol. The SMILES string of the molecule is CC(CNc1ccc(-c2ccc(-c3ccc4[nH]c(Oc5cnc(-c6ccc(-c7ccc(-c8cnc(-c9nccn9C)n8C)n7C)n6C)n5C)nc4c3)n2C)n1C)N(C)C. The number of nitrogens with zero attached hydrogens (tertiary/aromatic N) is 12. The van der Waals surface area contributed by atoms with Crippen LogP contribution in [0.4, 0.5) is 5.82 Å². The Morgan fingerprint density at radius 2 is 1.24 bits per heavy atom. The summed E-state index contributed by atoms with van der Waals surface area (Å²) < 4.78 is 21.1. The number of ether oxygens (including phenoxy) is 1. The number of aromatic nitrogens is 12. The number of hydrogen-bond acceptors (Lipinski definition) is 7. The fraction of sp³-hybridized carbons (Fsp3) is 0.273. The minimum absolute atomic E-state index is 0.400. The Bertz CT molecular complexity index is 2970. The number of fused-ring (bicyclic) bond motifs is 1. The van der Waals surface area contributed by atoms with Crippen LogP contribution in [0.25, 0.3) is 79.6 Å². The van der Waals surface area contributed by atoms with E-state index < -0.39 is 0 Å². The van der Waals surface area contributed by atoms with E-state index >= 15 is 0 Å². The van der Waals surface area contributed by atoms with Crippen molar-refractivity contribution in [2.75, 3.05) is 26.0 Å². The van der Waals surface area contributed by atoms with E-state index in [1.165, 1.54) is 0 Å². The zero-order valence-electron chi connectivity index (χ0n) is 35.2. The van der Waals surface area contributed by atoms with Gasteiger partial charge in [0.05, 0.1) is 63.3 Å². The maximum absolute atomic E-state index is 6.33. The summed E-state index contributed by atoms with van der Waals surface area (Å²) >= 11 is 0. The molecule has 15 nitrogen and oxygen atoms in total. The van der Waals surface area contributed by atoms with E-state index in [4.69, 9.17) is 19.7 Å². The van der Waals surface area contributed by atoms with Gasteiger partial charge in [-0.15, -0.1) is 0 Å². The lowest BCUT2D eigenvalue weighted by Gasteiger charge is -2.21. The molecule has 15 heteroatoms. The van der Waals surface area contributed by atoms with Gasteiger partial charge in [0.25, 0.3) is 0 Å². The van der Waals surface area contributed by atoms with Gasteiger partial charge in [0.1, 0.15) is 5.82 Å². The van der Waals surface area contributed by atoms with Crippen molar-refractivity contribution in [3.63, 3.8) is 0 Å². The van der Waals surface area contributed by atoms with Crippen molar-refractivity contribution in [3.05, 3.63) is 91.5 Å². The maximum Gasteiger partial charge on any atom is 0.301 e. The molecule has 2 N–H and O–H groups in total. The number of aryl methyl sites for hydroxylation is 1. The summed E-state index contributed by atoms with van der Waals surface area (Å²) in [4.78, 5) is 24.4. The summed E-state index contributed by atoms with van der Waals surface area (Å²) in [6.45, 7) is 3.08. The van der Waals surface area contributed by atoms with Crippen LogP contribution in [-0.4, -0.2) is 88.5 Å². The zero-order chi connectivity index (χ0) is 41.3. The number of H-pyrrole nitrogens is 1. The Hall–Kier alpha value is -7.00. The fourth-order valence-corrected chi connectivity index (χ4v) is 7.91. The first-order valence-corrected chi connectivity index (χ1v) is 19.6. The first-order chi connectivity index (χ1) is 28.4. The molecule has 0 aliphatic carbocycles. The largest absolute Gasteiger partial charge is 0.407 e. The van der Waals surface area contributed by atoms with Crippen molar-refractivity contribution < 1.29 is 4.74 Å². The van der Waals surface area contributed by atoms with Gasteiger partial charge in [-0.25, -0.2) is 15.0 Å². The third-order valence-corrected chi connectivity index (χ3v) is 11.9. The molecule has 0 amide bonds. The molecule has 0 aliphatic rings. The Kier molecular flexibility index (Phi) is 9.19. The highest BCUT2D eigenvalue weighted by atomic mass is 16.5. The second-order valence-corrected chi connectivity index (χ2v) is 15.6. The predicted octanol–water partition coefficient (Wildman–Crippen LogP) is 7.27. The lowest BCUT2D eigenvalue weighted by molar-refractivity contribution is 0.326. The van der Waals surface area contributed by atoms with Crippen molar-refractivity contribution >= 4 is 16.9 Å². The Morgan fingerprint density at radius 1 is 0.627 bits per heavy atom. The quantitative estimate of drug-likeness (QED) is 0.133. The molecule has 0 fully saturated rings. The number of hydrogen-bond donors (Lipinski definition) is 2. The molecule has 8 heterocycles. The number of benzene rings is 1. The van der Waals surface area contributed by atoms with Crippen molar-refractivity contribution in [1.82, 2.24) is 61.8 Å². The van der Waals surface area contributed by atoms with Crippen molar-refractivity contribution in [3.8, 4) is 80.5 Å². The lowest BCUT2D eigenvalue weighted by Crippen LogP contribution is -2.31. The van der Waals surface area contributed by atoms with Crippen LogP contribution >= 0.6 is 0 Å². The molecular formula is C44H50N14O. The molecule has 0 bridgehead atoms. The molecule has 0 saturated heterocycles. The molecule has 1 unspecified atom stereocenters. The molecule has 0 radical (unpaired) electrons. The zero-order valence-corrected chi connectivity index (χ0v) is 35.2. The van der Waals surface area contributed by atoms with Gasteiger partial charge in [-0.1, -0.05) is 6.07 Å². The van der Waals surface area contributed by atoms with Gasteiger partial charge >= 0.3 is 6.01 Å². The van der Waals surface area contributed by atoms with Gasteiger partial charge in [-0.3, -0.25) is 4.57 Å². The van der Waals surface area contributed by atoms with Gasteiger partial charge in [0, 0.05) is 85.6 Å². The van der Waals surface area contributed by atoms with E-state index in [1.54, 1.807) is 12.4 Å². The molecule has 1 aromatic carbocycles. The van der Waals surface area contributed by atoms with E-state index in [9.17, 15) is 0 Å². The second kappa shape index (κ2) is 14.4. The summed E-state index contributed by atoms with van der Waals surface area (Å²) in [5, 5.41) is 3.59. The van der Waals surface area contributed by atoms with Gasteiger partial charge in [-0.05, 0) is 81.7 Å². The van der Waals surface area contributed by atoms with Gasteiger partial charge < -0.3 is 47.3 Å². The van der Waals surface area contributed by atoms with E-state index in [0.29, 0.717) is 17.9 Å². The highest BCUT2D eigenvalue weighted by Gasteiger charge is 2.22. The fourth-order valence-electron chi connectivity index (χ4n) is 7.91. The van der Waals surface area contributed by atoms with Crippen molar-refractivity contribution in [2.24, 2.45) is 49.3 Å². The standard InChI is InChI=1S/C44H50N14O/c1-27(51(2)3)24-46-39-20-19-35(56(39)8)34-14-13-31(53(34)5)28-11-12-29-30(23-28)50-44(49-29)59-40-26-48-41(58(40)10)37-18-17-33(55(37)7)32-15-16-36(54(32)6)38-25-47-43(57(38)9)42-45-21-22-52(42)4/h11-23,25-27,46H,24H2,1-10H3,(H,49,50). The molecule has 0 spiro atoms. The van der Waals surface area contributed by atoms with E-state index in [1.807, 2.05) is 42.7 Å². The van der Waals surface area contributed by atoms with Crippen molar-refractivity contribution in [2.45, 2.75) is 13.0 Å². The average Bonchev–Trinajstić information content (AvgIpc) is 4.09. The summed E-state index contributed by atoms with van der Waals surface area (Å²) in [7, 11) is 18.5. The number of anilines is 1. The Morgan fingerprint density at radius 3 is 1.93 bits per heavy atom. The predicted molar refractivity (Wildman–Crippen MR) is 233 cm³/mol. The van der Waals surface area contributed by atoms with E-state index in [0.717, 1.165) is 92.0 Å². The van der Waals surface area contributed by atoms with E-state index in [2.05, 4.69) is 159 Å². The number of nitrogens with one attached hydrogen (secondary N) is 2. The lowest BCUT2D eigenvalue weighted by atomic mass is 10.1. The first kappa shape index (κ1) is 37.6. The number of rotatable bonds is 12. The van der Waals surface area contributed by atoms with Crippen molar-refractivity contribution in [1.29, 1.82) is 0 Å². The third-order valence-electron chi connectivity index (χ3n) is 11.9. The minimum atomic E-state index is 0.400. The molecule has 1 atom stereocenters. The van der Waals surface area contributed by atoms with Gasteiger partial charge in [0.2, 0.25) is 5.88 Å². The molecule has 0 aliphatic heterocycles. The number of likely N-dealkylation sites (N-methyl/N-ethyl adjacent to an activating group) is 1. The second-order valence-electron chi connectivity index (χ2n) is 15.6. The molecule has 9 rings (SSSR count). The van der Waals surface area contributed by atoms with Crippen LogP contribution in [-0.2, 0) is 49.3 Å². The highest BCUT2D eigenvalue weighted by molar-refractivity contribution is 5.83. The molecule has 9 aromatic rings. The molecule has 0 saturated carbocycles. The normalized spacial score (nSPS) is 12.4. The minimum Gasteiger partial charge on any atom is -0.407 e. The van der Waals surface area contributed by atoms with Crippen LogP contribution in [0.2, 0.25) is 0 Å². The van der Waals surface area contributed by atoms with Crippen LogP contribution in [0, 0.1) is 0 Å². The van der Waals surface area contributed by atoms with Crippen LogP contribution in [0.1, 0.15) is 6.92 Å². The average molecular weight is 791 g/mol. The smallest absolute Gasteiger partial charge is 0.301 e. The summed E-state index contributed by atoms with van der Waals surface area (Å²) in [5.41, 5.74) is 11.3. The third kappa shape index (κ3) is 6.34. The Labute approximate surface area is 342 Å². The molecule has 8 aromatic heterocycles.